The van der Waals surface area contributed by atoms with Crippen LogP contribution in [0.15, 0.2) is 27.8 Å². The zero-order valence-electron chi connectivity index (χ0n) is 12.8. The van der Waals surface area contributed by atoms with Crippen LogP contribution in [-0.2, 0) is 6.54 Å². The lowest BCUT2D eigenvalue weighted by Gasteiger charge is -2.17. The summed E-state index contributed by atoms with van der Waals surface area (Å²) in [4.78, 5) is 4.52. The van der Waals surface area contributed by atoms with Gasteiger partial charge < -0.3 is 15.1 Å². The summed E-state index contributed by atoms with van der Waals surface area (Å²) in [6, 6.07) is 4.28. The van der Waals surface area contributed by atoms with Gasteiger partial charge in [0.1, 0.15) is 12.3 Å². The molecule has 0 spiro atoms. The van der Waals surface area contributed by atoms with Gasteiger partial charge in [0.2, 0.25) is 0 Å². The Kier molecular flexibility index (Phi) is 11.6. The first-order valence-electron chi connectivity index (χ1n) is 7.33. The van der Waals surface area contributed by atoms with Crippen molar-refractivity contribution in [3.8, 4) is 0 Å². The lowest BCUT2D eigenvalue weighted by molar-refractivity contribution is 0.509. The number of nitrogens with one attached hydrogen (secondary N) is 2. The van der Waals surface area contributed by atoms with E-state index in [0.29, 0.717) is 12.6 Å². The van der Waals surface area contributed by atoms with Crippen molar-refractivity contribution in [1.29, 1.82) is 0 Å². The Morgan fingerprint density at radius 3 is 2.75 bits per heavy atom. The SMILES string of the molecule is CCCCCC(C)NC(=NCc1ccco1)NCC.I. The summed E-state index contributed by atoms with van der Waals surface area (Å²) in [5, 5.41) is 6.70. The second kappa shape index (κ2) is 12.1. The van der Waals surface area contributed by atoms with Crippen molar-refractivity contribution in [1.82, 2.24) is 10.6 Å². The molecule has 0 saturated carbocycles. The van der Waals surface area contributed by atoms with E-state index in [2.05, 4.69) is 36.4 Å². The number of unbranched alkanes of at least 4 members (excludes halogenated alkanes) is 2. The van der Waals surface area contributed by atoms with E-state index in [1.165, 1.54) is 25.7 Å². The Morgan fingerprint density at radius 2 is 2.15 bits per heavy atom. The fourth-order valence-electron chi connectivity index (χ4n) is 1.89. The van der Waals surface area contributed by atoms with Crippen LogP contribution in [0.2, 0.25) is 0 Å². The van der Waals surface area contributed by atoms with Gasteiger partial charge >= 0.3 is 0 Å². The number of hydrogen-bond donors (Lipinski definition) is 2. The number of hydrogen-bond acceptors (Lipinski definition) is 2. The summed E-state index contributed by atoms with van der Waals surface area (Å²) in [6.07, 6.45) is 6.69. The van der Waals surface area contributed by atoms with E-state index in [4.69, 9.17) is 4.42 Å². The normalized spacial score (nSPS) is 12.7. The Labute approximate surface area is 139 Å². The summed E-state index contributed by atoms with van der Waals surface area (Å²) < 4.78 is 5.28. The van der Waals surface area contributed by atoms with E-state index in [1.807, 2.05) is 12.1 Å². The van der Waals surface area contributed by atoms with Crippen molar-refractivity contribution < 1.29 is 4.42 Å². The molecule has 0 radical (unpaired) electrons. The molecule has 1 rings (SSSR count). The molecule has 0 bridgehead atoms. The van der Waals surface area contributed by atoms with Crippen LogP contribution in [0, 0.1) is 0 Å². The molecule has 0 fully saturated rings. The van der Waals surface area contributed by atoms with Crippen LogP contribution in [0.3, 0.4) is 0 Å². The minimum Gasteiger partial charge on any atom is -0.467 e. The predicted octanol–water partition coefficient (Wildman–Crippen LogP) is 3.92. The third-order valence-electron chi connectivity index (χ3n) is 2.94. The summed E-state index contributed by atoms with van der Waals surface area (Å²) >= 11 is 0. The largest absolute Gasteiger partial charge is 0.467 e. The van der Waals surface area contributed by atoms with Gasteiger partial charge in [0.25, 0.3) is 0 Å². The molecule has 0 aliphatic carbocycles. The molecule has 0 amide bonds. The molecule has 5 heteroatoms. The molecule has 1 aromatic rings. The topological polar surface area (TPSA) is 49.6 Å². The van der Waals surface area contributed by atoms with Gasteiger partial charge in [-0.25, -0.2) is 4.99 Å². The van der Waals surface area contributed by atoms with Crippen molar-refractivity contribution in [2.45, 2.75) is 59.0 Å². The van der Waals surface area contributed by atoms with Crippen LogP contribution in [-0.4, -0.2) is 18.5 Å². The maximum absolute atomic E-state index is 5.28. The minimum absolute atomic E-state index is 0. The highest BCUT2D eigenvalue weighted by atomic mass is 127. The van der Waals surface area contributed by atoms with Crippen LogP contribution >= 0.6 is 24.0 Å². The number of aliphatic imine (C=N–C) groups is 1. The van der Waals surface area contributed by atoms with Gasteiger partial charge in [0.15, 0.2) is 5.96 Å². The molecule has 0 aliphatic heterocycles. The van der Waals surface area contributed by atoms with E-state index in [9.17, 15) is 0 Å². The highest BCUT2D eigenvalue weighted by Gasteiger charge is 2.05. The molecule has 0 aromatic carbocycles. The van der Waals surface area contributed by atoms with Crippen LogP contribution < -0.4 is 10.6 Å². The van der Waals surface area contributed by atoms with Crippen molar-refractivity contribution >= 4 is 29.9 Å². The van der Waals surface area contributed by atoms with E-state index in [1.54, 1.807) is 6.26 Å². The third kappa shape index (κ3) is 8.45. The number of rotatable bonds is 8. The van der Waals surface area contributed by atoms with E-state index in [-0.39, 0.29) is 24.0 Å². The fraction of sp³-hybridized carbons (Fsp3) is 0.667. The molecule has 4 nitrogen and oxygen atoms in total. The van der Waals surface area contributed by atoms with Gasteiger partial charge in [-0.3, -0.25) is 0 Å². The first kappa shape index (κ1) is 19.3. The molecule has 0 aliphatic rings. The standard InChI is InChI=1S/C15H27N3O.HI/c1-4-6-7-9-13(3)18-15(16-5-2)17-12-14-10-8-11-19-14;/h8,10-11,13H,4-7,9,12H2,1-3H3,(H2,16,17,18);1H. The maximum Gasteiger partial charge on any atom is 0.191 e. The zero-order chi connectivity index (χ0) is 13.9. The molecular weight excluding hydrogens is 365 g/mol. The van der Waals surface area contributed by atoms with Crippen molar-refractivity contribution in [2.75, 3.05) is 6.54 Å². The molecule has 2 N–H and O–H groups in total. The Morgan fingerprint density at radius 1 is 1.35 bits per heavy atom. The summed E-state index contributed by atoms with van der Waals surface area (Å²) in [7, 11) is 0. The molecule has 1 unspecified atom stereocenters. The predicted molar refractivity (Wildman–Crippen MR) is 95.7 cm³/mol. The fourth-order valence-corrected chi connectivity index (χ4v) is 1.89. The van der Waals surface area contributed by atoms with Crippen LogP contribution in [0.5, 0.6) is 0 Å². The Hall–Kier alpha value is -0.720. The highest BCUT2D eigenvalue weighted by Crippen LogP contribution is 2.04. The zero-order valence-corrected chi connectivity index (χ0v) is 15.1. The highest BCUT2D eigenvalue weighted by molar-refractivity contribution is 14.0. The van der Waals surface area contributed by atoms with E-state index >= 15 is 0 Å². The second-order valence-electron chi connectivity index (χ2n) is 4.82. The van der Waals surface area contributed by atoms with Gasteiger partial charge in [-0.2, -0.15) is 0 Å². The van der Waals surface area contributed by atoms with Gasteiger partial charge in [-0.1, -0.05) is 26.2 Å². The van der Waals surface area contributed by atoms with E-state index < -0.39 is 0 Å². The quantitative estimate of drug-likeness (QED) is 0.305. The molecule has 20 heavy (non-hydrogen) atoms. The third-order valence-corrected chi connectivity index (χ3v) is 2.94. The number of furan rings is 1. The number of halogens is 1. The molecular formula is C15H28IN3O. The molecule has 1 atom stereocenters. The van der Waals surface area contributed by atoms with Crippen molar-refractivity contribution in [3.63, 3.8) is 0 Å². The van der Waals surface area contributed by atoms with Gasteiger partial charge in [-0.05, 0) is 32.4 Å². The van der Waals surface area contributed by atoms with Crippen molar-refractivity contribution in [2.24, 2.45) is 4.99 Å². The second-order valence-corrected chi connectivity index (χ2v) is 4.82. The maximum atomic E-state index is 5.28. The monoisotopic (exact) mass is 393 g/mol. The Bertz CT molecular complexity index is 352. The first-order valence-corrected chi connectivity index (χ1v) is 7.33. The van der Waals surface area contributed by atoms with Crippen LogP contribution in [0.25, 0.3) is 0 Å². The molecule has 0 saturated heterocycles. The summed E-state index contributed by atoms with van der Waals surface area (Å²) in [5.74, 6) is 1.75. The molecule has 116 valence electrons. The minimum atomic E-state index is 0. The number of guanidine groups is 1. The molecule has 1 aromatic heterocycles. The average Bonchev–Trinajstić information content (AvgIpc) is 2.89. The van der Waals surface area contributed by atoms with E-state index in [0.717, 1.165) is 18.3 Å². The van der Waals surface area contributed by atoms with Gasteiger partial charge in [0.05, 0.1) is 6.26 Å². The van der Waals surface area contributed by atoms with Gasteiger partial charge in [0, 0.05) is 12.6 Å². The Balaban J connectivity index is 0.00000361. The smallest absolute Gasteiger partial charge is 0.191 e. The van der Waals surface area contributed by atoms with Crippen LogP contribution in [0.4, 0.5) is 0 Å². The lowest BCUT2D eigenvalue weighted by atomic mass is 10.1. The average molecular weight is 393 g/mol. The summed E-state index contributed by atoms with van der Waals surface area (Å²) in [6.45, 7) is 7.95. The van der Waals surface area contributed by atoms with Crippen LogP contribution in [0.1, 0.15) is 52.2 Å². The van der Waals surface area contributed by atoms with Crippen molar-refractivity contribution in [3.05, 3.63) is 24.2 Å². The lowest BCUT2D eigenvalue weighted by Crippen LogP contribution is -2.42. The number of nitrogens with zero attached hydrogens (tertiary/aromatic N) is 1. The first-order chi connectivity index (χ1) is 9.26. The summed E-state index contributed by atoms with van der Waals surface area (Å²) in [5.41, 5.74) is 0. The van der Waals surface area contributed by atoms with Gasteiger partial charge in [-0.15, -0.1) is 24.0 Å². The molecule has 1 heterocycles.